The molecule has 3 nitrogen and oxygen atoms in total. The number of ether oxygens (including phenoxy) is 2. The molecule has 142 valence electrons. The van der Waals surface area contributed by atoms with Crippen LogP contribution in [-0.4, -0.2) is 31.4 Å². The predicted octanol–water partition coefficient (Wildman–Crippen LogP) is 5.42. The van der Waals surface area contributed by atoms with Gasteiger partial charge >= 0.3 is 0 Å². The molecule has 26 heavy (non-hydrogen) atoms. The van der Waals surface area contributed by atoms with Crippen molar-refractivity contribution < 1.29 is 14.0 Å². The molecular formula is C23H34NO2+. The summed E-state index contributed by atoms with van der Waals surface area (Å²) in [4.78, 5) is 0. The summed E-state index contributed by atoms with van der Waals surface area (Å²) >= 11 is 0. The zero-order valence-electron chi connectivity index (χ0n) is 17.1. The van der Waals surface area contributed by atoms with E-state index >= 15 is 0 Å². The summed E-state index contributed by atoms with van der Waals surface area (Å²) in [6.07, 6.45) is 0.874. The van der Waals surface area contributed by atoms with Crippen molar-refractivity contribution in [2.45, 2.75) is 46.1 Å². The lowest BCUT2D eigenvalue weighted by molar-refractivity contribution is -1.01. The maximum absolute atomic E-state index is 6.82. The minimum Gasteiger partial charge on any atom is -0.436 e. The van der Waals surface area contributed by atoms with Gasteiger partial charge in [-0.15, -0.1) is 0 Å². The van der Waals surface area contributed by atoms with Crippen LogP contribution >= 0.6 is 0 Å². The van der Waals surface area contributed by atoms with Crippen LogP contribution in [0.15, 0.2) is 60.7 Å². The molecule has 2 atom stereocenters. The molecule has 0 N–H and O–H groups in total. The van der Waals surface area contributed by atoms with Crippen molar-refractivity contribution in [2.75, 3.05) is 20.7 Å². The molecule has 0 fully saturated rings. The first-order valence-corrected chi connectivity index (χ1v) is 9.58. The third-order valence-corrected chi connectivity index (χ3v) is 5.19. The number of nitrogens with zero attached hydrogens (tertiary/aromatic N) is 1. The lowest BCUT2D eigenvalue weighted by Crippen LogP contribution is -2.65. The molecule has 3 heteroatoms. The first kappa shape index (κ1) is 20.5. The van der Waals surface area contributed by atoms with Gasteiger partial charge in [0, 0.05) is 13.3 Å². The molecule has 0 aromatic heterocycles. The molecule has 0 bridgehead atoms. The van der Waals surface area contributed by atoms with Crippen molar-refractivity contribution in [2.24, 2.45) is 5.92 Å². The van der Waals surface area contributed by atoms with E-state index in [9.17, 15) is 0 Å². The van der Waals surface area contributed by atoms with Gasteiger partial charge in [0.1, 0.15) is 5.75 Å². The summed E-state index contributed by atoms with van der Waals surface area (Å²) < 4.78 is 13.5. The van der Waals surface area contributed by atoms with Gasteiger partial charge in [-0.25, -0.2) is 0 Å². The number of rotatable bonds is 9. The van der Waals surface area contributed by atoms with Gasteiger partial charge in [0.25, 0.3) is 5.72 Å². The van der Waals surface area contributed by atoms with E-state index in [0.29, 0.717) is 17.0 Å². The Morgan fingerprint density at radius 2 is 1.42 bits per heavy atom. The molecular weight excluding hydrogens is 322 g/mol. The molecule has 0 saturated carbocycles. The molecule has 2 rings (SSSR count). The van der Waals surface area contributed by atoms with Crippen LogP contribution in [0.2, 0.25) is 0 Å². The summed E-state index contributed by atoms with van der Waals surface area (Å²) in [6.45, 7) is 9.35. The van der Waals surface area contributed by atoms with E-state index in [1.807, 2.05) is 37.3 Å². The molecule has 0 amide bonds. The van der Waals surface area contributed by atoms with Crippen LogP contribution in [0.3, 0.4) is 0 Å². The van der Waals surface area contributed by atoms with Gasteiger partial charge in [-0.1, -0.05) is 50.2 Å². The summed E-state index contributed by atoms with van der Waals surface area (Å²) in [7, 11) is 4.41. The highest BCUT2D eigenvalue weighted by atomic mass is 16.5. The van der Waals surface area contributed by atoms with E-state index in [4.69, 9.17) is 9.47 Å². The smallest absolute Gasteiger partial charge is 0.271 e. The van der Waals surface area contributed by atoms with Gasteiger partial charge in [-0.3, -0.25) is 4.48 Å². The summed E-state index contributed by atoms with van der Waals surface area (Å²) in [6, 6.07) is 20.7. The van der Waals surface area contributed by atoms with Crippen molar-refractivity contribution in [1.82, 2.24) is 0 Å². The molecule has 0 aliphatic heterocycles. The minimum atomic E-state index is -0.550. The SMILES string of the molecule is CCOC(C)[N+](C)(C)C(CC(C)C)(Oc1ccccc1)c1ccccc1. The van der Waals surface area contributed by atoms with Crippen LogP contribution in [0.5, 0.6) is 5.75 Å². The average Bonchev–Trinajstić information content (AvgIpc) is 2.62. The molecule has 0 heterocycles. The fraction of sp³-hybridized carbons (Fsp3) is 0.478. The van der Waals surface area contributed by atoms with E-state index in [1.165, 1.54) is 5.56 Å². The number of quaternary nitrogens is 1. The van der Waals surface area contributed by atoms with Crippen LogP contribution < -0.4 is 4.74 Å². The second kappa shape index (κ2) is 8.70. The minimum absolute atomic E-state index is 0.0114. The Kier molecular flexibility index (Phi) is 6.85. The topological polar surface area (TPSA) is 18.5 Å². The Balaban J connectivity index is 2.63. The molecule has 0 aliphatic carbocycles. The van der Waals surface area contributed by atoms with Gasteiger partial charge in [0.05, 0.1) is 26.3 Å². The first-order valence-electron chi connectivity index (χ1n) is 9.58. The molecule has 0 aliphatic rings. The lowest BCUT2D eigenvalue weighted by Gasteiger charge is -2.51. The molecule has 2 unspecified atom stereocenters. The van der Waals surface area contributed by atoms with Crippen molar-refractivity contribution in [3.05, 3.63) is 66.2 Å². The van der Waals surface area contributed by atoms with E-state index in [0.717, 1.165) is 12.2 Å². The Morgan fingerprint density at radius 1 is 0.885 bits per heavy atom. The number of benzene rings is 2. The highest BCUT2D eigenvalue weighted by molar-refractivity contribution is 5.26. The summed E-state index contributed by atoms with van der Waals surface area (Å²) in [5.41, 5.74) is 0.625. The van der Waals surface area contributed by atoms with E-state index < -0.39 is 5.72 Å². The number of hydrogen-bond donors (Lipinski definition) is 0. The van der Waals surface area contributed by atoms with Gasteiger partial charge in [-0.2, -0.15) is 0 Å². The maximum Gasteiger partial charge on any atom is 0.271 e. The van der Waals surface area contributed by atoms with E-state index in [-0.39, 0.29) is 6.23 Å². The fourth-order valence-corrected chi connectivity index (χ4v) is 3.56. The molecule has 0 radical (unpaired) electrons. The third-order valence-electron chi connectivity index (χ3n) is 5.19. The Labute approximate surface area is 159 Å². The quantitative estimate of drug-likeness (QED) is 0.441. The van der Waals surface area contributed by atoms with Crippen molar-refractivity contribution in [1.29, 1.82) is 0 Å². The van der Waals surface area contributed by atoms with Crippen molar-refractivity contribution in [3.8, 4) is 5.75 Å². The third kappa shape index (κ3) is 4.28. The maximum atomic E-state index is 6.82. The largest absolute Gasteiger partial charge is 0.436 e. The Bertz CT molecular complexity index is 654. The van der Waals surface area contributed by atoms with Crippen LogP contribution in [0.1, 0.15) is 39.7 Å². The fourth-order valence-electron chi connectivity index (χ4n) is 3.56. The van der Waals surface area contributed by atoms with Gasteiger partial charge in [-0.05, 0) is 37.1 Å². The van der Waals surface area contributed by atoms with Crippen LogP contribution in [0.25, 0.3) is 0 Å². The van der Waals surface area contributed by atoms with E-state index in [2.05, 4.69) is 65.2 Å². The van der Waals surface area contributed by atoms with Crippen molar-refractivity contribution >= 4 is 0 Å². The Hall–Kier alpha value is -1.84. The van der Waals surface area contributed by atoms with Gasteiger partial charge in [0.15, 0.2) is 6.23 Å². The standard InChI is InChI=1S/C23H34NO2/c1-7-25-20(4)24(5,6)23(18-19(2)3,21-14-10-8-11-15-21)26-22-16-12-9-13-17-22/h8-17,19-20H,7,18H2,1-6H3/q+1. The lowest BCUT2D eigenvalue weighted by atomic mass is 9.89. The molecule has 0 spiro atoms. The molecule has 2 aromatic rings. The number of hydrogen-bond acceptors (Lipinski definition) is 2. The summed E-state index contributed by atoms with van der Waals surface area (Å²) in [5, 5.41) is 0. The van der Waals surface area contributed by atoms with Crippen LogP contribution in [0, 0.1) is 5.92 Å². The molecule has 0 saturated heterocycles. The van der Waals surface area contributed by atoms with Gasteiger partial charge in [0.2, 0.25) is 0 Å². The highest BCUT2D eigenvalue weighted by Crippen LogP contribution is 2.42. The zero-order valence-corrected chi connectivity index (χ0v) is 17.1. The highest BCUT2D eigenvalue weighted by Gasteiger charge is 2.53. The van der Waals surface area contributed by atoms with Crippen molar-refractivity contribution in [3.63, 3.8) is 0 Å². The van der Waals surface area contributed by atoms with Crippen LogP contribution in [0.4, 0.5) is 0 Å². The number of para-hydroxylation sites is 1. The van der Waals surface area contributed by atoms with E-state index in [1.54, 1.807) is 0 Å². The Morgan fingerprint density at radius 3 is 1.92 bits per heavy atom. The van der Waals surface area contributed by atoms with Gasteiger partial charge < -0.3 is 9.47 Å². The predicted molar refractivity (Wildman–Crippen MR) is 108 cm³/mol. The normalized spacial score (nSPS) is 15.5. The second-order valence-corrected chi connectivity index (χ2v) is 7.76. The molecule has 2 aromatic carbocycles. The second-order valence-electron chi connectivity index (χ2n) is 7.76. The van der Waals surface area contributed by atoms with Crippen LogP contribution in [-0.2, 0) is 10.5 Å². The summed E-state index contributed by atoms with van der Waals surface area (Å²) in [5.74, 6) is 1.34. The average molecular weight is 357 g/mol. The zero-order chi connectivity index (χ0) is 19.2. The monoisotopic (exact) mass is 356 g/mol. The first-order chi connectivity index (χ1) is 12.3.